The van der Waals surface area contributed by atoms with Gasteiger partial charge in [-0.25, -0.2) is 4.79 Å². The first-order valence-corrected chi connectivity index (χ1v) is 8.48. The summed E-state index contributed by atoms with van der Waals surface area (Å²) in [5.74, 6) is 0. The summed E-state index contributed by atoms with van der Waals surface area (Å²) in [5, 5.41) is 22.3. The average Bonchev–Trinajstić information content (AvgIpc) is 3.11. The number of carbonyl (C=O) groups excluding carboxylic acids is 1. The summed E-state index contributed by atoms with van der Waals surface area (Å²) in [7, 11) is 0. The molecular formula is C20H21N3O2. The van der Waals surface area contributed by atoms with E-state index in [9.17, 15) is 9.90 Å². The Balaban J connectivity index is 1.64. The van der Waals surface area contributed by atoms with Crippen molar-refractivity contribution in [2.45, 2.75) is 31.4 Å². The monoisotopic (exact) mass is 335 g/mol. The van der Waals surface area contributed by atoms with Crippen molar-refractivity contribution in [3.63, 3.8) is 0 Å². The number of aliphatic hydroxyl groups excluding tert-OH is 1. The van der Waals surface area contributed by atoms with Gasteiger partial charge in [0, 0.05) is 18.3 Å². The predicted molar refractivity (Wildman–Crippen MR) is 95.9 cm³/mol. The maximum Gasteiger partial charge on any atom is 0.322 e. The highest BCUT2D eigenvalue weighted by Crippen LogP contribution is 2.28. The lowest BCUT2D eigenvalue weighted by molar-refractivity contribution is 0.130. The summed E-state index contributed by atoms with van der Waals surface area (Å²) in [5.41, 5.74) is 1.99. The molecule has 1 fully saturated rings. The summed E-state index contributed by atoms with van der Waals surface area (Å²) in [4.78, 5) is 14.4. The number of nitriles is 1. The Kier molecular flexibility index (Phi) is 5.32. The summed E-state index contributed by atoms with van der Waals surface area (Å²) in [6, 6.07) is 18.3. The number of aliphatic hydroxyl groups is 1. The first-order valence-electron chi connectivity index (χ1n) is 8.48. The molecule has 1 saturated heterocycles. The lowest BCUT2D eigenvalue weighted by atomic mass is 10.0. The first kappa shape index (κ1) is 17.0. The van der Waals surface area contributed by atoms with Gasteiger partial charge in [0.25, 0.3) is 0 Å². The van der Waals surface area contributed by atoms with E-state index in [2.05, 4.69) is 11.4 Å². The Bertz CT molecular complexity index is 770. The fourth-order valence-corrected chi connectivity index (χ4v) is 3.28. The standard InChI is InChI=1S/C20H21N3O2/c21-14-15-6-4-9-17(12-15)22-20(25)23-11-5-10-18(23)13-19(24)16-7-2-1-3-8-16/h1-4,6-9,12,18-19,24H,5,10-11,13H2,(H,22,25)/t18-,19+/m1/s1. The van der Waals surface area contributed by atoms with Crippen LogP contribution in [0.4, 0.5) is 10.5 Å². The Labute approximate surface area is 147 Å². The van der Waals surface area contributed by atoms with Crippen molar-refractivity contribution in [3.05, 3.63) is 65.7 Å². The van der Waals surface area contributed by atoms with Crippen molar-refractivity contribution < 1.29 is 9.90 Å². The number of nitrogens with one attached hydrogen (secondary N) is 1. The Morgan fingerprint density at radius 2 is 2.08 bits per heavy atom. The van der Waals surface area contributed by atoms with Gasteiger partial charge in [-0.15, -0.1) is 0 Å². The molecule has 0 spiro atoms. The number of benzene rings is 2. The molecular weight excluding hydrogens is 314 g/mol. The number of hydrogen-bond acceptors (Lipinski definition) is 3. The van der Waals surface area contributed by atoms with Crippen LogP contribution in [-0.2, 0) is 0 Å². The number of amides is 2. The van der Waals surface area contributed by atoms with Crippen LogP contribution in [-0.4, -0.2) is 28.6 Å². The number of likely N-dealkylation sites (tertiary alicyclic amines) is 1. The highest BCUT2D eigenvalue weighted by Gasteiger charge is 2.30. The summed E-state index contributed by atoms with van der Waals surface area (Å²) in [6.45, 7) is 0.677. The highest BCUT2D eigenvalue weighted by molar-refractivity contribution is 5.89. The van der Waals surface area contributed by atoms with Gasteiger partial charge in [0.1, 0.15) is 0 Å². The minimum atomic E-state index is -0.582. The van der Waals surface area contributed by atoms with E-state index >= 15 is 0 Å². The molecule has 128 valence electrons. The van der Waals surface area contributed by atoms with Gasteiger partial charge in [-0.2, -0.15) is 5.26 Å². The number of carbonyl (C=O) groups is 1. The van der Waals surface area contributed by atoms with Crippen LogP contribution in [0.2, 0.25) is 0 Å². The molecule has 0 radical (unpaired) electrons. The van der Waals surface area contributed by atoms with Crippen molar-refractivity contribution in [1.82, 2.24) is 4.90 Å². The molecule has 1 aliphatic rings. The van der Waals surface area contributed by atoms with Crippen molar-refractivity contribution in [2.24, 2.45) is 0 Å². The van der Waals surface area contributed by atoms with E-state index in [0.717, 1.165) is 18.4 Å². The SMILES string of the molecule is N#Cc1cccc(NC(=O)N2CCC[C@@H]2C[C@H](O)c2ccccc2)c1. The van der Waals surface area contributed by atoms with Gasteiger partial charge in [0.05, 0.1) is 17.7 Å². The van der Waals surface area contributed by atoms with Gasteiger partial charge >= 0.3 is 6.03 Å². The van der Waals surface area contributed by atoms with Crippen molar-refractivity contribution in [1.29, 1.82) is 5.26 Å². The molecule has 0 bridgehead atoms. The van der Waals surface area contributed by atoms with E-state index < -0.39 is 6.10 Å². The Morgan fingerprint density at radius 3 is 2.84 bits per heavy atom. The average molecular weight is 335 g/mol. The lowest BCUT2D eigenvalue weighted by Gasteiger charge is -2.27. The molecule has 0 aromatic heterocycles. The topological polar surface area (TPSA) is 76.4 Å². The lowest BCUT2D eigenvalue weighted by Crippen LogP contribution is -2.39. The number of nitrogens with zero attached hydrogens (tertiary/aromatic N) is 2. The molecule has 0 unspecified atom stereocenters. The molecule has 5 heteroatoms. The van der Waals surface area contributed by atoms with Gasteiger partial charge in [-0.05, 0) is 43.0 Å². The fourth-order valence-electron chi connectivity index (χ4n) is 3.28. The van der Waals surface area contributed by atoms with Crippen LogP contribution in [0.5, 0.6) is 0 Å². The molecule has 0 saturated carbocycles. The van der Waals surface area contributed by atoms with Crippen molar-refractivity contribution in [2.75, 3.05) is 11.9 Å². The fraction of sp³-hybridized carbons (Fsp3) is 0.300. The summed E-state index contributed by atoms with van der Waals surface area (Å²) < 4.78 is 0. The number of rotatable bonds is 4. The third-order valence-electron chi connectivity index (χ3n) is 4.56. The molecule has 1 heterocycles. The molecule has 5 nitrogen and oxygen atoms in total. The molecule has 1 aliphatic heterocycles. The van der Waals surface area contributed by atoms with Crippen LogP contribution >= 0.6 is 0 Å². The summed E-state index contributed by atoms with van der Waals surface area (Å²) in [6.07, 6.45) is 1.75. The molecule has 2 N–H and O–H groups in total. The van der Waals surface area contributed by atoms with Gasteiger partial charge in [-0.1, -0.05) is 36.4 Å². The van der Waals surface area contributed by atoms with Crippen LogP contribution < -0.4 is 5.32 Å². The van der Waals surface area contributed by atoms with Crippen molar-refractivity contribution in [3.8, 4) is 6.07 Å². The molecule has 2 amide bonds. The van der Waals surface area contributed by atoms with Crippen LogP contribution in [0.25, 0.3) is 0 Å². The Hall–Kier alpha value is -2.84. The molecule has 0 aliphatic carbocycles. The van der Waals surface area contributed by atoms with E-state index in [1.807, 2.05) is 30.3 Å². The third-order valence-corrected chi connectivity index (χ3v) is 4.56. The molecule has 2 atom stereocenters. The normalized spacial score (nSPS) is 17.8. The number of hydrogen-bond donors (Lipinski definition) is 2. The Morgan fingerprint density at radius 1 is 1.28 bits per heavy atom. The first-order chi connectivity index (χ1) is 12.2. The molecule has 2 aromatic carbocycles. The van der Waals surface area contributed by atoms with Gasteiger partial charge in [0.15, 0.2) is 0 Å². The van der Waals surface area contributed by atoms with Gasteiger partial charge in [-0.3, -0.25) is 0 Å². The van der Waals surface area contributed by atoms with E-state index in [-0.39, 0.29) is 12.1 Å². The van der Waals surface area contributed by atoms with E-state index in [1.54, 1.807) is 29.2 Å². The molecule has 25 heavy (non-hydrogen) atoms. The smallest absolute Gasteiger partial charge is 0.322 e. The maximum atomic E-state index is 12.6. The van der Waals surface area contributed by atoms with Crippen molar-refractivity contribution >= 4 is 11.7 Å². The molecule has 3 rings (SSSR count). The second-order valence-electron chi connectivity index (χ2n) is 6.27. The van der Waals surface area contributed by atoms with Crippen LogP contribution in [0.1, 0.15) is 36.5 Å². The van der Waals surface area contributed by atoms with Gasteiger partial charge < -0.3 is 15.3 Å². The van der Waals surface area contributed by atoms with E-state index in [1.165, 1.54) is 0 Å². The second-order valence-corrected chi connectivity index (χ2v) is 6.27. The second kappa shape index (κ2) is 7.82. The van der Waals surface area contributed by atoms with E-state index in [0.29, 0.717) is 24.2 Å². The van der Waals surface area contributed by atoms with Crippen LogP contribution in [0.15, 0.2) is 54.6 Å². The number of anilines is 1. The summed E-state index contributed by atoms with van der Waals surface area (Å²) >= 11 is 0. The highest BCUT2D eigenvalue weighted by atomic mass is 16.3. The minimum absolute atomic E-state index is 0.00866. The zero-order chi connectivity index (χ0) is 17.6. The van der Waals surface area contributed by atoms with E-state index in [4.69, 9.17) is 5.26 Å². The number of urea groups is 1. The van der Waals surface area contributed by atoms with Crippen LogP contribution in [0.3, 0.4) is 0 Å². The predicted octanol–water partition coefficient (Wildman–Crippen LogP) is 3.68. The quantitative estimate of drug-likeness (QED) is 0.895. The van der Waals surface area contributed by atoms with Gasteiger partial charge in [0.2, 0.25) is 0 Å². The largest absolute Gasteiger partial charge is 0.388 e. The minimum Gasteiger partial charge on any atom is -0.388 e. The molecule has 2 aromatic rings. The zero-order valence-electron chi connectivity index (χ0n) is 13.9. The van der Waals surface area contributed by atoms with Crippen LogP contribution in [0, 0.1) is 11.3 Å². The maximum absolute atomic E-state index is 12.6. The zero-order valence-corrected chi connectivity index (χ0v) is 13.9. The third kappa shape index (κ3) is 4.17.